The van der Waals surface area contributed by atoms with E-state index in [0.29, 0.717) is 19.0 Å². The average Bonchev–Trinajstić information content (AvgIpc) is 3.23. The van der Waals surface area contributed by atoms with Crippen molar-refractivity contribution in [2.24, 2.45) is 0 Å². The first-order valence-electron chi connectivity index (χ1n) is 7.38. The summed E-state index contributed by atoms with van der Waals surface area (Å²) in [6.07, 6.45) is 3.03. The third-order valence-corrected chi connectivity index (χ3v) is 5.49. The lowest BCUT2D eigenvalue weighted by Crippen LogP contribution is -2.37. The standard InChI is InChI=1S/C16H20N2OS2/c19-16(10-14-4-3-8-21-14)17-11-15(13-5-9-20-12-13)18-6-1-2-7-18/h3-5,8-9,12,15H,1-2,6-7,10-11H2,(H,17,19). The van der Waals surface area contributed by atoms with Crippen LogP contribution in [0, 0.1) is 0 Å². The average molecular weight is 320 g/mol. The Bertz CT molecular complexity index is 545. The number of nitrogens with one attached hydrogen (secondary N) is 1. The van der Waals surface area contributed by atoms with Gasteiger partial charge in [-0.3, -0.25) is 9.69 Å². The van der Waals surface area contributed by atoms with E-state index in [4.69, 9.17) is 0 Å². The molecule has 3 nitrogen and oxygen atoms in total. The molecule has 0 saturated carbocycles. The molecule has 0 bridgehead atoms. The van der Waals surface area contributed by atoms with Crippen molar-refractivity contribution in [2.45, 2.75) is 25.3 Å². The van der Waals surface area contributed by atoms with Crippen molar-refractivity contribution in [1.82, 2.24) is 10.2 Å². The Morgan fingerprint density at radius 3 is 2.81 bits per heavy atom. The second-order valence-electron chi connectivity index (χ2n) is 5.38. The second kappa shape index (κ2) is 7.20. The Labute approximate surface area is 133 Å². The first-order chi connectivity index (χ1) is 10.3. The van der Waals surface area contributed by atoms with Crippen molar-refractivity contribution in [3.05, 3.63) is 44.8 Å². The molecule has 1 aliphatic rings. The van der Waals surface area contributed by atoms with Gasteiger partial charge in [0.2, 0.25) is 5.91 Å². The van der Waals surface area contributed by atoms with Crippen LogP contribution < -0.4 is 5.32 Å². The van der Waals surface area contributed by atoms with Crippen molar-refractivity contribution in [3.63, 3.8) is 0 Å². The summed E-state index contributed by atoms with van der Waals surface area (Å²) in [6, 6.07) is 6.51. The van der Waals surface area contributed by atoms with Gasteiger partial charge in [0.25, 0.3) is 0 Å². The first-order valence-corrected chi connectivity index (χ1v) is 9.20. The normalized spacial score (nSPS) is 17.0. The SMILES string of the molecule is O=C(Cc1cccs1)NCC(c1ccsc1)N1CCCC1. The number of thiophene rings is 2. The van der Waals surface area contributed by atoms with Crippen LogP contribution in [0.3, 0.4) is 0 Å². The summed E-state index contributed by atoms with van der Waals surface area (Å²) in [7, 11) is 0. The van der Waals surface area contributed by atoms with Gasteiger partial charge in [-0.25, -0.2) is 0 Å². The van der Waals surface area contributed by atoms with Gasteiger partial charge in [0.05, 0.1) is 12.5 Å². The summed E-state index contributed by atoms with van der Waals surface area (Å²) in [5.74, 6) is 0.122. The molecule has 1 aliphatic heterocycles. The number of likely N-dealkylation sites (tertiary alicyclic amines) is 1. The molecule has 3 heterocycles. The number of hydrogen-bond donors (Lipinski definition) is 1. The third kappa shape index (κ3) is 3.93. The molecule has 1 unspecified atom stereocenters. The summed E-state index contributed by atoms with van der Waals surface area (Å²) in [4.78, 5) is 15.7. The lowest BCUT2D eigenvalue weighted by Gasteiger charge is -2.27. The molecule has 1 fully saturated rings. The smallest absolute Gasteiger partial charge is 0.225 e. The van der Waals surface area contributed by atoms with Crippen molar-refractivity contribution in [2.75, 3.05) is 19.6 Å². The molecule has 5 heteroatoms. The highest BCUT2D eigenvalue weighted by Crippen LogP contribution is 2.26. The van der Waals surface area contributed by atoms with E-state index < -0.39 is 0 Å². The highest BCUT2D eigenvalue weighted by atomic mass is 32.1. The minimum atomic E-state index is 0.122. The molecule has 0 aromatic carbocycles. The van der Waals surface area contributed by atoms with Crippen LogP contribution in [0.15, 0.2) is 34.3 Å². The fourth-order valence-corrected chi connectivity index (χ4v) is 4.23. The van der Waals surface area contributed by atoms with E-state index in [9.17, 15) is 4.79 Å². The highest BCUT2D eigenvalue weighted by molar-refractivity contribution is 7.10. The van der Waals surface area contributed by atoms with Gasteiger partial charge in [0.1, 0.15) is 0 Å². The maximum absolute atomic E-state index is 12.1. The molecule has 21 heavy (non-hydrogen) atoms. The van der Waals surface area contributed by atoms with E-state index in [2.05, 4.69) is 27.0 Å². The zero-order valence-electron chi connectivity index (χ0n) is 12.0. The maximum Gasteiger partial charge on any atom is 0.225 e. The molecule has 2 aromatic rings. The quantitative estimate of drug-likeness (QED) is 0.885. The zero-order chi connectivity index (χ0) is 14.5. The highest BCUT2D eigenvalue weighted by Gasteiger charge is 2.24. The molecule has 112 valence electrons. The minimum Gasteiger partial charge on any atom is -0.354 e. The largest absolute Gasteiger partial charge is 0.354 e. The van der Waals surface area contributed by atoms with Crippen LogP contribution in [-0.4, -0.2) is 30.4 Å². The van der Waals surface area contributed by atoms with Crippen LogP contribution in [0.4, 0.5) is 0 Å². The third-order valence-electron chi connectivity index (χ3n) is 3.92. The van der Waals surface area contributed by atoms with Crippen LogP contribution in [0.25, 0.3) is 0 Å². The lowest BCUT2D eigenvalue weighted by molar-refractivity contribution is -0.120. The van der Waals surface area contributed by atoms with Gasteiger partial charge in [-0.1, -0.05) is 6.07 Å². The van der Waals surface area contributed by atoms with Crippen LogP contribution in [0.2, 0.25) is 0 Å². The zero-order valence-corrected chi connectivity index (χ0v) is 13.6. The van der Waals surface area contributed by atoms with Crippen molar-refractivity contribution < 1.29 is 4.79 Å². The van der Waals surface area contributed by atoms with Crippen molar-refractivity contribution in [3.8, 4) is 0 Å². The molecule has 2 aromatic heterocycles. The molecule has 0 spiro atoms. The fourth-order valence-electron chi connectivity index (χ4n) is 2.82. The van der Waals surface area contributed by atoms with E-state index in [1.54, 1.807) is 22.7 Å². The number of hydrogen-bond acceptors (Lipinski definition) is 4. The minimum absolute atomic E-state index is 0.122. The molecule has 0 radical (unpaired) electrons. The van der Waals surface area contributed by atoms with Gasteiger partial charge in [-0.2, -0.15) is 11.3 Å². The Morgan fingerprint density at radius 2 is 2.14 bits per heavy atom. The van der Waals surface area contributed by atoms with E-state index in [-0.39, 0.29) is 5.91 Å². The molecule has 1 N–H and O–H groups in total. The Kier molecular flexibility index (Phi) is 5.06. The van der Waals surface area contributed by atoms with Crippen LogP contribution in [0.5, 0.6) is 0 Å². The number of nitrogens with zero attached hydrogens (tertiary/aromatic N) is 1. The molecular weight excluding hydrogens is 300 g/mol. The van der Waals surface area contributed by atoms with Gasteiger partial charge in [-0.15, -0.1) is 11.3 Å². The fraction of sp³-hybridized carbons (Fsp3) is 0.438. The maximum atomic E-state index is 12.1. The van der Waals surface area contributed by atoms with Crippen LogP contribution >= 0.6 is 22.7 Å². The molecule has 1 amide bonds. The Morgan fingerprint density at radius 1 is 1.29 bits per heavy atom. The molecule has 1 atom stereocenters. The summed E-state index contributed by atoms with van der Waals surface area (Å²) < 4.78 is 0. The summed E-state index contributed by atoms with van der Waals surface area (Å²) in [6.45, 7) is 2.99. The van der Waals surface area contributed by atoms with E-state index in [1.807, 2.05) is 17.5 Å². The van der Waals surface area contributed by atoms with Crippen LogP contribution in [-0.2, 0) is 11.2 Å². The van der Waals surface area contributed by atoms with Gasteiger partial charge in [0.15, 0.2) is 0 Å². The van der Waals surface area contributed by atoms with Gasteiger partial charge >= 0.3 is 0 Å². The van der Waals surface area contributed by atoms with Gasteiger partial charge in [-0.05, 0) is 59.8 Å². The monoisotopic (exact) mass is 320 g/mol. The van der Waals surface area contributed by atoms with Crippen LogP contribution in [0.1, 0.15) is 29.3 Å². The predicted octanol–water partition coefficient (Wildman–Crippen LogP) is 3.31. The summed E-state index contributed by atoms with van der Waals surface area (Å²) in [5, 5.41) is 9.45. The summed E-state index contributed by atoms with van der Waals surface area (Å²) >= 11 is 3.37. The number of rotatable bonds is 6. The topological polar surface area (TPSA) is 32.3 Å². The molecule has 1 saturated heterocycles. The Balaban J connectivity index is 1.58. The second-order valence-corrected chi connectivity index (χ2v) is 7.19. The summed E-state index contributed by atoms with van der Waals surface area (Å²) in [5.41, 5.74) is 1.33. The first kappa shape index (κ1) is 14.8. The van der Waals surface area contributed by atoms with Gasteiger partial charge < -0.3 is 5.32 Å². The van der Waals surface area contributed by atoms with Gasteiger partial charge in [0, 0.05) is 11.4 Å². The van der Waals surface area contributed by atoms with E-state index in [0.717, 1.165) is 18.0 Å². The van der Waals surface area contributed by atoms with Crippen molar-refractivity contribution >= 4 is 28.6 Å². The van der Waals surface area contributed by atoms with Crippen molar-refractivity contribution in [1.29, 1.82) is 0 Å². The number of carbonyl (C=O) groups is 1. The lowest BCUT2D eigenvalue weighted by atomic mass is 10.1. The van der Waals surface area contributed by atoms with E-state index in [1.165, 1.54) is 18.4 Å². The number of carbonyl (C=O) groups excluding carboxylic acids is 1. The molecule has 3 rings (SSSR count). The molecule has 0 aliphatic carbocycles. The predicted molar refractivity (Wildman–Crippen MR) is 88.9 cm³/mol. The Hall–Kier alpha value is -1.17. The molecular formula is C16H20N2OS2. The number of amides is 1. The van der Waals surface area contributed by atoms with E-state index >= 15 is 0 Å².